The van der Waals surface area contributed by atoms with Crippen LogP contribution in [0.25, 0.3) is 0 Å². The van der Waals surface area contributed by atoms with Crippen LogP contribution < -0.4 is 15.8 Å². The SMILES string of the molecule is CCCCC(CN)NC(=O)C1COc2ccccc2C1.Cl. The summed E-state index contributed by atoms with van der Waals surface area (Å²) in [6.45, 7) is 3.09. The highest BCUT2D eigenvalue weighted by Crippen LogP contribution is 2.26. The minimum absolute atomic E-state index is 0. The van der Waals surface area contributed by atoms with Gasteiger partial charge in [-0.25, -0.2) is 0 Å². The van der Waals surface area contributed by atoms with Crippen LogP contribution in [0.1, 0.15) is 31.7 Å². The van der Waals surface area contributed by atoms with E-state index in [-0.39, 0.29) is 30.3 Å². The van der Waals surface area contributed by atoms with Crippen molar-refractivity contribution in [3.63, 3.8) is 0 Å². The Balaban J connectivity index is 0.00000220. The molecule has 0 saturated heterocycles. The van der Waals surface area contributed by atoms with Gasteiger partial charge < -0.3 is 15.8 Å². The lowest BCUT2D eigenvalue weighted by atomic mass is 9.95. The van der Waals surface area contributed by atoms with Crippen LogP contribution in [0.5, 0.6) is 5.75 Å². The van der Waals surface area contributed by atoms with E-state index in [0.29, 0.717) is 13.2 Å². The van der Waals surface area contributed by atoms with Crippen LogP contribution in [-0.2, 0) is 11.2 Å². The van der Waals surface area contributed by atoms with Crippen molar-refractivity contribution in [2.45, 2.75) is 38.6 Å². The van der Waals surface area contributed by atoms with E-state index >= 15 is 0 Å². The van der Waals surface area contributed by atoms with Crippen molar-refractivity contribution in [2.75, 3.05) is 13.2 Å². The van der Waals surface area contributed by atoms with E-state index in [1.165, 1.54) is 0 Å². The molecule has 0 radical (unpaired) electrons. The number of carbonyl (C=O) groups excluding carboxylic acids is 1. The Morgan fingerprint density at radius 2 is 2.24 bits per heavy atom. The minimum Gasteiger partial charge on any atom is -0.492 e. The molecule has 4 nitrogen and oxygen atoms in total. The highest BCUT2D eigenvalue weighted by molar-refractivity contribution is 5.85. The molecule has 0 aliphatic carbocycles. The Morgan fingerprint density at radius 1 is 1.48 bits per heavy atom. The normalized spacial score (nSPS) is 17.9. The monoisotopic (exact) mass is 312 g/mol. The van der Waals surface area contributed by atoms with Crippen LogP contribution in [-0.4, -0.2) is 25.1 Å². The number of carbonyl (C=O) groups is 1. The number of benzene rings is 1. The molecule has 0 spiro atoms. The third kappa shape index (κ3) is 4.90. The summed E-state index contributed by atoms with van der Waals surface area (Å²) in [5.41, 5.74) is 6.83. The summed E-state index contributed by atoms with van der Waals surface area (Å²) in [5, 5.41) is 3.06. The Hall–Kier alpha value is -1.26. The fraction of sp³-hybridized carbons (Fsp3) is 0.562. The summed E-state index contributed by atoms with van der Waals surface area (Å²) >= 11 is 0. The number of amides is 1. The Kier molecular flexibility index (Phi) is 7.54. The second-order valence-corrected chi connectivity index (χ2v) is 5.40. The number of rotatable bonds is 6. The lowest BCUT2D eigenvalue weighted by molar-refractivity contribution is -0.127. The lowest BCUT2D eigenvalue weighted by Crippen LogP contribution is -2.45. The molecule has 0 aromatic heterocycles. The average Bonchev–Trinajstić information content (AvgIpc) is 2.50. The Morgan fingerprint density at radius 3 is 2.95 bits per heavy atom. The molecule has 3 N–H and O–H groups in total. The van der Waals surface area contributed by atoms with E-state index in [9.17, 15) is 4.79 Å². The smallest absolute Gasteiger partial charge is 0.227 e. The molecule has 118 valence electrons. The molecule has 1 heterocycles. The lowest BCUT2D eigenvalue weighted by Gasteiger charge is -2.26. The molecule has 1 aromatic rings. The number of hydrogen-bond donors (Lipinski definition) is 2. The molecule has 0 fully saturated rings. The molecular formula is C16H25ClN2O2. The zero-order chi connectivity index (χ0) is 14.4. The quantitative estimate of drug-likeness (QED) is 0.847. The third-order valence-electron chi connectivity index (χ3n) is 3.79. The topological polar surface area (TPSA) is 64.3 Å². The van der Waals surface area contributed by atoms with E-state index < -0.39 is 0 Å². The van der Waals surface area contributed by atoms with Gasteiger partial charge >= 0.3 is 0 Å². The van der Waals surface area contributed by atoms with Gasteiger partial charge in [-0.3, -0.25) is 4.79 Å². The fourth-order valence-electron chi connectivity index (χ4n) is 2.51. The maximum Gasteiger partial charge on any atom is 0.227 e. The fourth-order valence-corrected chi connectivity index (χ4v) is 2.51. The van der Waals surface area contributed by atoms with E-state index in [1.54, 1.807) is 0 Å². The molecule has 5 heteroatoms. The Labute approximate surface area is 132 Å². The summed E-state index contributed by atoms with van der Waals surface area (Å²) in [7, 11) is 0. The van der Waals surface area contributed by atoms with Crippen molar-refractivity contribution >= 4 is 18.3 Å². The van der Waals surface area contributed by atoms with Crippen LogP contribution in [0.2, 0.25) is 0 Å². The van der Waals surface area contributed by atoms with Crippen molar-refractivity contribution in [2.24, 2.45) is 11.7 Å². The zero-order valence-corrected chi connectivity index (χ0v) is 13.3. The van der Waals surface area contributed by atoms with Crippen molar-refractivity contribution < 1.29 is 9.53 Å². The molecule has 0 bridgehead atoms. The van der Waals surface area contributed by atoms with Gasteiger partial charge in [-0.2, -0.15) is 0 Å². The minimum atomic E-state index is -0.111. The molecule has 1 aromatic carbocycles. The maximum absolute atomic E-state index is 12.3. The molecular weight excluding hydrogens is 288 g/mol. The summed E-state index contributed by atoms with van der Waals surface area (Å²) in [6, 6.07) is 7.99. The van der Waals surface area contributed by atoms with Crippen LogP contribution in [0.15, 0.2) is 24.3 Å². The number of ether oxygens (including phenoxy) is 1. The molecule has 2 atom stereocenters. The third-order valence-corrected chi connectivity index (χ3v) is 3.79. The molecule has 0 saturated carbocycles. The van der Waals surface area contributed by atoms with Crippen molar-refractivity contribution in [3.05, 3.63) is 29.8 Å². The van der Waals surface area contributed by atoms with E-state index in [4.69, 9.17) is 10.5 Å². The van der Waals surface area contributed by atoms with E-state index in [0.717, 1.165) is 37.0 Å². The molecule has 1 aliphatic rings. The van der Waals surface area contributed by atoms with Gasteiger partial charge in [0.15, 0.2) is 0 Å². The van der Waals surface area contributed by atoms with Gasteiger partial charge in [-0.05, 0) is 24.5 Å². The molecule has 2 unspecified atom stereocenters. The van der Waals surface area contributed by atoms with Gasteiger partial charge in [0.05, 0.1) is 5.92 Å². The first-order chi connectivity index (χ1) is 9.74. The zero-order valence-electron chi connectivity index (χ0n) is 12.5. The number of unbranched alkanes of at least 4 members (excludes halogenated alkanes) is 1. The number of halogens is 1. The first-order valence-corrected chi connectivity index (χ1v) is 7.45. The first kappa shape index (κ1) is 17.8. The van der Waals surface area contributed by atoms with Crippen LogP contribution in [0.3, 0.4) is 0 Å². The summed E-state index contributed by atoms with van der Waals surface area (Å²) in [4.78, 5) is 12.3. The second kappa shape index (κ2) is 8.90. The first-order valence-electron chi connectivity index (χ1n) is 7.45. The van der Waals surface area contributed by atoms with Crippen molar-refractivity contribution in [1.29, 1.82) is 0 Å². The van der Waals surface area contributed by atoms with Crippen LogP contribution in [0, 0.1) is 5.92 Å². The van der Waals surface area contributed by atoms with Gasteiger partial charge in [-0.15, -0.1) is 12.4 Å². The average molecular weight is 313 g/mol. The molecule has 1 aliphatic heterocycles. The summed E-state index contributed by atoms with van der Waals surface area (Å²) in [5.74, 6) is 0.851. The number of para-hydroxylation sites is 1. The number of nitrogens with one attached hydrogen (secondary N) is 1. The number of hydrogen-bond acceptors (Lipinski definition) is 3. The van der Waals surface area contributed by atoms with Gasteiger partial charge in [0, 0.05) is 12.6 Å². The predicted molar refractivity (Wildman–Crippen MR) is 86.9 cm³/mol. The predicted octanol–water partition coefficient (Wildman–Crippen LogP) is 2.29. The highest BCUT2D eigenvalue weighted by Gasteiger charge is 2.26. The molecule has 1 amide bonds. The Bertz CT molecular complexity index is 454. The van der Waals surface area contributed by atoms with Gasteiger partial charge in [-0.1, -0.05) is 38.0 Å². The van der Waals surface area contributed by atoms with Crippen LogP contribution >= 0.6 is 12.4 Å². The largest absolute Gasteiger partial charge is 0.492 e. The maximum atomic E-state index is 12.3. The molecule has 2 rings (SSSR count). The van der Waals surface area contributed by atoms with Crippen molar-refractivity contribution in [1.82, 2.24) is 5.32 Å². The van der Waals surface area contributed by atoms with Gasteiger partial charge in [0.1, 0.15) is 12.4 Å². The standard InChI is InChI=1S/C16H24N2O2.ClH/c1-2-3-7-14(10-17)18-16(19)13-9-12-6-4-5-8-15(12)20-11-13;/h4-6,8,13-14H,2-3,7,9-11,17H2,1H3,(H,18,19);1H. The van der Waals surface area contributed by atoms with E-state index in [1.807, 2.05) is 24.3 Å². The van der Waals surface area contributed by atoms with Crippen LogP contribution in [0.4, 0.5) is 0 Å². The molecule has 21 heavy (non-hydrogen) atoms. The highest BCUT2D eigenvalue weighted by atomic mass is 35.5. The second-order valence-electron chi connectivity index (χ2n) is 5.40. The number of nitrogens with two attached hydrogens (primary N) is 1. The van der Waals surface area contributed by atoms with Crippen molar-refractivity contribution in [3.8, 4) is 5.75 Å². The van der Waals surface area contributed by atoms with Gasteiger partial charge in [0.25, 0.3) is 0 Å². The summed E-state index contributed by atoms with van der Waals surface area (Å²) < 4.78 is 5.66. The van der Waals surface area contributed by atoms with Gasteiger partial charge in [0.2, 0.25) is 5.91 Å². The summed E-state index contributed by atoms with van der Waals surface area (Å²) in [6.07, 6.45) is 3.90. The van der Waals surface area contributed by atoms with E-state index in [2.05, 4.69) is 12.2 Å². The number of fused-ring (bicyclic) bond motifs is 1.